The number of nitrogens with zero attached hydrogens (tertiary/aromatic N) is 1. The fourth-order valence-corrected chi connectivity index (χ4v) is 3.11. The Balaban J connectivity index is 1.45. The second-order valence-corrected chi connectivity index (χ2v) is 6.20. The minimum atomic E-state index is -0.383. The average molecular weight is 333 g/mol. The van der Waals surface area contributed by atoms with Gasteiger partial charge in [0.05, 0.1) is 0 Å². The lowest BCUT2D eigenvalue weighted by Gasteiger charge is -2.23. The Kier molecular flexibility index (Phi) is 4.02. The highest BCUT2D eigenvalue weighted by molar-refractivity contribution is 5.90. The fourth-order valence-electron chi connectivity index (χ4n) is 3.11. The van der Waals surface area contributed by atoms with Crippen LogP contribution in [0.1, 0.15) is 11.1 Å². The maximum Gasteiger partial charge on any atom is 0.412 e. The summed E-state index contributed by atoms with van der Waals surface area (Å²) in [4.78, 5) is 13.9. The molecular formula is C21H19NO3. The molecule has 1 aliphatic rings. The largest absolute Gasteiger partial charge is 0.469 e. The van der Waals surface area contributed by atoms with Gasteiger partial charge >= 0.3 is 6.09 Å². The van der Waals surface area contributed by atoms with Crippen molar-refractivity contribution in [1.82, 2.24) is 4.90 Å². The van der Waals surface area contributed by atoms with Crippen LogP contribution in [-0.4, -0.2) is 24.3 Å². The van der Waals surface area contributed by atoms with Crippen LogP contribution in [0, 0.1) is 0 Å². The van der Waals surface area contributed by atoms with Gasteiger partial charge in [0, 0.05) is 24.4 Å². The molecule has 25 heavy (non-hydrogen) atoms. The number of likely N-dealkylation sites (N-methyl/N-ethyl adjacent to an activating group) is 1. The molecule has 0 radical (unpaired) electrons. The van der Waals surface area contributed by atoms with E-state index in [-0.39, 0.29) is 18.9 Å². The van der Waals surface area contributed by atoms with Gasteiger partial charge in [0.2, 0.25) is 0 Å². The van der Waals surface area contributed by atoms with Crippen molar-refractivity contribution in [2.45, 2.75) is 19.3 Å². The highest BCUT2D eigenvalue weighted by atomic mass is 16.6. The van der Waals surface area contributed by atoms with Gasteiger partial charge in [-0.1, -0.05) is 66.7 Å². The molecule has 0 aliphatic carbocycles. The molecule has 1 heterocycles. The van der Waals surface area contributed by atoms with Gasteiger partial charge in [-0.25, -0.2) is 4.79 Å². The molecule has 0 N–H and O–H groups in total. The molecule has 4 rings (SSSR count). The zero-order valence-corrected chi connectivity index (χ0v) is 14.0. The number of carbonyl (C=O) groups is 1. The molecule has 126 valence electrons. The van der Waals surface area contributed by atoms with Crippen LogP contribution in [0.4, 0.5) is 4.79 Å². The molecule has 1 aliphatic heterocycles. The maximum atomic E-state index is 12.3. The Morgan fingerprint density at radius 3 is 2.68 bits per heavy atom. The zero-order chi connectivity index (χ0) is 17.2. The molecule has 3 aromatic rings. The predicted molar refractivity (Wildman–Crippen MR) is 96.5 cm³/mol. The highest BCUT2D eigenvalue weighted by Gasteiger charge is 2.31. The van der Waals surface area contributed by atoms with E-state index >= 15 is 0 Å². The van der Waals surface area contributed by atoms with Crippen molar-refractivity contribution in [3.8, 4) is 5.75 Å². The number of rotatable bonds is 3. The molecule has 1 atom stereocenters. The highest BCUT2D eigenvalue weighted by Crippen LogP contribution is 2.37. The van der Waals surface area contributed by atoms with Gasteiger partial charge in [0.15, 0.2) is 6.23 Å². The third-order valence-electron chi connectivity index (χ3n) is 4.53. The predicted octanol–water partition coefficient (Wildman–Crippen LogP) is 4.37. The summed E-state index contributed by atoms with van der Waals surface area (Å²) in [5.74, 6) is 0.866. The van der Waals surface area contributed by atoms with Crippen molar-refractivity contribution >= 4 is 16.9 Å². The molecule has 0 saturated heterocycles. The molecule has 0 saturated carbocycles. The quantitative estimate of drug-likeness (QED) is 0.714. The van der Waals surface area contributed by atoms with Crippen molar-refractivity contribution in [3.05, 3.63) is 77.9 Å². The molecule has 0 bridgehead atoms. The van der Waals surface area contributed by atoms with Crippen molar-refractivity contribution in [2.24, 2.45) is 0 Å². The van der Waals surface area contributed by atoms with Crippen LogP contribution >= 0.6 is 0 Å². The second kappa shape index (κ2) is 6.48. The van der Waals surface area contributed by atoms with Gasteiger partial charge < -0.3 is 9.47 Å². The standard InChI is InChI=1S/C21H19NO3/c1-22(21(23)24-14-15-7-3-2-4-8-15)19-13-17-12-11-16-9-5-6-10-18(16)20(17)25-19/h2-12,19H,13-14H2,1H3. The summed E-state index contributed by atoms with van der Waals surface area (Å²) < 4.78 is 11.5. The third kappa shape index (κ3) is 3.03. The summed E-state index contributed by atoms with van der Waals surface area (Å²) in [5.41, 5.74) is 2.08. The van der Waals surface area contributed by atoms with Crippen LogP contribution in [0.3, 0.4) is 0 Å². The molecule has 1 unspecified atom stereocenters. The number of hydrogen-bond acceptors (Lipinski definition) is 3. The number of carbonyl (C=O) groups excluding carboxylic acids is 1. The summed E-state index contributed by atoms with van der Waals surface area (Å²) in [5, 5.41) is 2.21. The van der Waals surface area contributed by atoms with Gasteiger partial charge in [-0.2, -0.15) is 0 Å². The van der Waals surface area contributed by atoms with E-state index in [1.807, 2.05) is 48.5 Å². The molecule has 4 nitrogen and oxygen atoms in total. The Hall–Kier alpha value is -3.01. The molecule has 0 spiro atoms. The first-order valence-corrected chi connectivity index (χ1v) is 8.33. The monoisotopic (exact) mass is 333 g/mol. The van der Waals surface area contributed by atoms with Crippen molar-refractivity contribution in [1.29, 1.82) is 0 Å². The van der Waals surface area contributed by atoms with E-state index < -0.39 is 0 Å². The van der Waals surface area contributed by atoms with Crippen LogP contribution in [0.25, 0.3) is 10.8 Å². The van der Waals surface area contributed by atoms with Crippen LogP contribution < -0.4 is 4.74 Å². The minimum absolute atomic E-state index is 0.257. The van der Waals surface area contributed by atoms with Crippen LogP contribution in [0.15, 0.2) is 66.7 Å². The minimum Gasteiger partial charge on any atom is -0.469 e. The average Bonchev–Trinajstić information content (AvgIpc) is 3.11. The molecule has 1 amide bonds. The molecule has 0 fully saturated rings. The van der Waals surface area contributed by atoms with E-state index in [9.17, 15) is 4.79 Å². The van der Waals surface area contributed by atoms with Crippen LogP contribution in [0.2, 0.25) is 0 Å². The lowest BCUT2D eigenvalue weighted by Crippen LogP contribution is -2.40. The second-order valence-electron chi connectivity index (χ2n) is 6.20. The molecular weight excluding hydrogens is 314 g/mol. The van der Waals surface area contributed by atoms with E-state index in [2.05, 4.69) is 18.2 Å². The first-order valence-electron chi connectivity index (χ1n) is 8.33. The normalized spacial score (nSPS) is 15.5. The van der Waals surface area contributed by atoms with Crippen LogP contribution in [0.5, 0.6) is 5.75 Å². The van der Waals surface area contributed by atoms with Gasteiger partial charge in [-0.05, 0) is 10.9 Å². The summed E-state index contributed by atoms with van der Waals surface area (Å²) in [6, 6.07) is 21.9. The fraction of sp³-hybridized carbons (Fsp3) is 0.190. The molecule has 3 aromatic carbocycles. The number of fused-ring (bicyclic) bond motifs is 3. The number of hydrogen-bond donors (Lipinski definition) is 0. The topological polar surface area (TPSA) is 38.8 Å². The zero-order valence-electron chi connectivity index (χ0n) is 14.0. The Morgan fingerprint density at radius 1 is 1.08 bits per heavy atom. The SMILES string of the molecule is CN(C(=O)OCc1ccccc1)C1Cc2ccc3ccccc3c2O1. The van der Waals surface area contributed by atoms with Crippen molar-refractivity contribution in [3.63, 3.8) is 0 Å². The van der Waals surface area contributed by atoms with Crippen molar-refractivity contribution in [2.75, 3.05) is 7.05 Å². The summed E-state index contributed by atoms with van der Waals surface area (Å²) in [6.45, 7) is 0.257. The smallest absolute Gasteiger partial charge is 0.412 e. The first kappa shape index (κ1) is 15.5. The summed E-state index contributed by atoms with van der Waals surface area (Å²) in [6.07, 6.45) is -0.0630. The van der Waals surface area contributed by atoms with Crippen LogP contribution in [-0.2, 0) is 17.8 Å². The van der Waals surface area contributed by atoms with E-state index in [1.165, 1.54) is 4.90 Å². The Labute approximate surface area is 146 Å². The first-order chi connectivity index (χ1) is 12.2. The Morgan fingerprint density at radius 2 is 1.84 bits per heavy atom. The van der Waals surface area contributed by atoms with Gasteiger partial charge in [-0.15, -0.1) is 0 Å². The molecule has 0 aromatic heterocycles. The number of amides is 1. The van der Waals surface area contributed by atoms with E-state index in [0.717, 1.165) is 27.6 Å². The lowest BCUT2D eigenvalue weighted by atomic mass is 10.0. The number of ether oxygens (including phenoxy) is 2. The van der Waals surface area contributed by atoms with E-state index in [4.69, 9.17) is 9.47 Å². The molecule has 4 heteroatoms. The third-order valence-corrected chi connectivity index (χ3v) is 4.53. The van der Waals surface area contributed by atoms with Gasteiger partial charge in [0.25, 0.3) is 0 Å². The van der Waals surface area contributed by atoms with Gasteiger partial charge in [0.1, 0.15) is 12.4 Å². The van der Waals surface area contributed by atoms with Gasteiger partial charge in [-0.3, -0.25) is 4.90 Å². The van der Waals surface area contributed by atoms with Crippen molar-refractivity contribution < 1.29 is 14.3 Å². The Bertz CT molecular complexity index is 907. The van der Waals surface area contributed by atoms with E-state index in [1.54, 1.807) is 7.05 Å². The lowest BCUT2D eigenvalue weighted by molar-refractivity contribution is 0.0379. The summed E-state index contributed by atoms with van der Waals surface area (Å²) in [7, 11) is 1.71. The number of benzene rings is 3. The van der Waals surface area contributed by atoms with E-state index in [0.29, 0.717) is 6.42 Å². The summed E-state index contributed by atoms with van der Waals surface area (Å²) >= 11 is 0. The maximum absolute atomic E-state index is 12.3.